The molecule has 1 unspecified atom stereocenters. The smallest absolute Gasteiger partial charge is 0.339 e. The molecule has 2 atom stereocenters. The predicted molar refractivity (Wildman–Crippen MR) is 105 cm³/mol. The third-order valence-corrected chi connectivity index (χ3v) is 5.55. The summed E-state index contributed by atoms with van der Waals surface area (Å²) in [6, 6.07) is 10.2. The quantitative estimate of drug-likeness (QED) is 0.630. The molecule has 5 nitrogen and oxygen atoms in total. The number of carbonyl (C=O) groups excluding carboxylic acids is 2. The van der Waals surface area contributed by atoms with Crippen LogP contribution in [0.25, 0.3) is 5.57 Å². The van der Waals surface area contributed by atoms with Gasteiger partial charge in [0.25, 0.3) is 0 Å². The molecule has 0 radical (unpaired) electrons. The van der Waals surface area contributed by atoms with Gasteiger partial charge in [0.05, 0.1) is 31.5 Å². The van der Waals surface area contributed by atoms with Crippen molar-refractivity contribution < 1.29 is 19.2 Å². The zero-order valence-electron chi connectivity index (χ0n) is 16.4. The molecule has 1 aromatic carbocycles. The fourth-order valence-corrected chi connectivity index (χ4v) is 3.87. The number of benzene rings is 1. The van der Waals surface area contributed by atoms with Gasteiger partial charge in [-0.2, -0.15) is 0 Å². The van der Waals surface area contributed by atoms with E-state index in [-0.39, 0.29) is 11.8 Å². The molecular formula is C22H27N2O3+. The Labute approximate surface area is 160 Å². The molecule has 2 aromatic rings. The van der Waals surface area contributed by atoms with E-state index >= 15 is 0 Å². The Hall–Kier alpha value is -2.66. The number of hydrogen-bond acceptors (Lipinski definition) is 3. The number of H-pyrrole nitrogens is 1. The average molecular weight is 367 g/mol. The van der Waals surface area contributed by atoms with E-state index in [1.807, 2.05) is 13.0 Å². The molecule has 3 rings (SSSR count). The Kier molecular flexibility index (Phi) is 5.61. The summed E-state index contributed by atoms with van der Waals surface area (Å²) in [6.45, 7) is 7.29. The minimum atomic E-state index is -0.409. The van der Waals surface area contributed by atoms with Gasteiger partial charge in [0.2, 0.25) is 5.78 Å². The van der Waals surface area contributed by atoms with Gasteiger partial charge in [0, 0.05) is 12.1 Å². The van der Waals surface area contributed by atoms with E-state index in [0.717, 1.165) is 19.5 Å². The molecule has 0 spiro atoms. The number of aromatic nitrogens is 1. The highest BCUT2D eigenvalue weighted by molar-refractivity contribution is 6.03. The maximum absolute atomic E-state index is 13.1. The van der Waals surface area contributed by atoms with Crippen molar-refractivity contribution in [2.24, 2.45) is 0 Å². The Balaban J connectivity index is 1.76. The number of carbonyl (C=O) groups is 2. The van der Waals surface area contributed by atoms with Gasteiger partial charge in [-0.15, -0.1) is 0 Å². The third-order valence-electron chi connectivity index (χ3n) is 5.55. The Morgan fingerprint density at radius 1 is 1.19 bits per heavy atom. The van der Waals surface area contributed by atoms with E-state index < -0.39 is 5.97 Å². The Morgan fingerprint density at radius 2 is 1.89 bits per heavy atom. The summed E-state index contributed by atoms with van der Waals surface area (Å²) in [5.74, 6) is -0.369. The summed E-state index contributed by atoms with van der Waals surface area (Å²) in [6.07, 6.45) is 3.19. The van der Waals surface area contributed by atoms with Gasteiger partial charge in [-0.05, 0) is 43.5 Å². The van der Waals surface area contributed by atoms with Crippen molar-refractivity contribution in [3.63, 3.8) is 0 Å². The van der Waals surface area contributed by atoms with Crippen molar-refractivity contribution in [1.82, 2.24) is 4.98 Å². The molecule has 1 aromatic heterocycles. The second-order valence-corrected chi connectivity index (χ2v) is 7.16. The summed E-state index contributed by atoms with van der Waals surface area (Å²) >= 11 is 0. The van der Waals surface area contributed by atoms with E-state index in [2.05, 4.69) is 35.3 Å². The first-order chi connectivity index (χ1) is 12.9. The van der Waals surface area contributed by atoms with E-state index in [1.54, 1.807) is 13.8 Å². The Bertz CT molecular complexity index is 880. The van der Waals surface area contributed by atoms with Crippen molar-refractivity contribution in [2.45, 2.75) is 33.2 Å². The van der Waals surface area contributed by atoms with Gasteiger partial charge < -0.3 is 14.6 Å². The van der Waals surface area contributed by atoms with Gasteiger partial charge in [-0.3, -0.25) is 4.79 Å². The predicted octanol–water partition coefficient (Wildman–Crippen LogP) is 2.36. The first-order valence-corrected chi connectivity index (χ1v) is 9.34. The summed E-state index contributed by atoms with van der Waals surface area (Å²) < 4.78 is 4.84. The number of rotatable bonds is 5. The highest BCUT2D eigenvalue weighted by Crippen LogP contribution is 2.21. The van der Waals surface area contributed by atoms with Crippen LogP contribution in [-0.4, -0.2) is 43.0 Å². The molecule has 1 aliphatic heterocycles. The number of quaternary nitrogens is 1. The number of methoxy groups -OCH3 is 1. The third kappa shape index (κ3) is 3.74. The second kappa shape index (κ2) is 7.92. The zero-order chi connectivity index (χ0) is 19.6. The first-order valence-electron chi connectivity index (χ1n) is 9.34. The van der Waals surface area contributed by atoms with Crippen LogP contribution in [0.5, 0.6) is 0 Å². The van der Waals surface area contributed by atoms with Crippen LogP contribution in [0.1, 0.15) is 51.0 Å². The van der Waals surface area contributed by atoms with E-state index in [9.17, 15) is 9.59 Å². The van der Waals surface area contributed by atoms with Crippen LogP contribution in [0.2, 0.25) is 0 Å². The highest BCUT2D eigenvalue weighted by atomic mass is 16.5. The molecule has 0 saturated heterocycles. The van der Waals surface area contributed by atoms with E-state index in [0.29, 0.717) is 22.5 Å². The standard InChI is InChI=1S/C22H26N2O3/c1-14-19(22(26)27-4)15(2)23-20(14)21(25)16(3)24-12-10-18(11-13-24)17-8-6-5-7-9-17/h5-10,16,23H,11-13H2,1-4H3/p+1/t16-/m1/s1. The molecule has 27 heavy (non-hydrogen) atoms. The number of aromatic amines is 1. The maximum atomic E-state index is 13.1. The van der Waals surface area contributed by atoms with E-state index in [4.69, 9.17) is 4.74 Å². The normalized spacial score (nSPS) is 17.9. The van der Waals surface area contributed by atoms with Crippen molar-refractivity contribution in [3.05, 3.63) is 64.5 Å². The average Bonchev–Trinajstić information content (AvgIpc) is 3.01. The molecule has 142 valence electrons. The summed E-state index contributed by atoms with van der Waals surface area (Å²) in [4.78, 5) is 29.4. The molecular weight excluding hydrogens is 340 g/mol. The fourth-order valence-electron chi connectivity index (χ4n) is 3.87. The first kappa shape index (κ1) is 19.1. The molecule has 5 heteroatoms. The lowest BCUT2D eigenvalue weighted by Crippen LogP contribution is -3.16. The van der Waals surface area contributed by atoms with Crippen LogP contribution in [-0.2, 0) is 4.74 Å². The fraction of sp³-hybridized carbons (Fsp3) is 0.364. The Morgan fingerprint density at radius 3 is 2.48 bits per heavy atom. The van der Waals surface area contributed by atoms with Crippen LogP contribution < -0.4 is 4.90 Å². The number of nitrogens with one attached hydrogen (secondary N) is 2. The molecule has 2 heterocycles. The lowest BCUT2D eigenvalue weighted by Gasteiger charge is -2.28. The van der Waals surface area contributed by atoms with Crippen LogP contribution in [0.4, 0.5) is 0 Å². The summed E-state index contributed by atoms with van der Waals surface area (Å²) in [7, 11) is 1.35. The number of Topliss-reactive ketones (excluding diaryl/α,β-unsaturated/α-hetero) is 1. The number of ether oxygens (including phenoxy) is 1. The monoisotopic (exact) mass is 367 g/mol. The van der Waals surface area contributed by atoms with Crippen molar-refractivity contribution in [3.8, 4) is 0 Å². The van der Waals surface area contributed by atoms with Crippen LogP contribution in [0.3, 0.4) is 0 Å². The van der Waals surface area contributed by atoms with Crippen molar-refractivity contribution >= 4 is 17.3 Å². The van der Waals surface area contributed by atoms with Gasteiger partial charge in [0.15, 0.2) is 6.04 Å². The molecule has 0 aliphatic carbocycles. The van der Waals surface area contributed by atoms with Gasteiger partial charge >= 0.3 is 5.97 Å². The SMILES string of the molecule is COC(=O)c1c(C)[nH]c(C(=O)[C@@H](C)[NH+]2CC=C(c3ccccc3)CC2)c1C. The molecule has 0 amide bonds. The van der Waals surface area contributed by atoms with Crippen LogP contribution in [0.15, 0.2) is 36.4 Å². The molecule has 0 saturated carbocycles. The summed E-state index contributed by atoms with van der Waals surface area (Å²) in [5.41, 5.74) is 4.94. The molecule has 0 bridgehead atoms. The van der Waals surface area contributed by atoms with Gasteiger partial charge in [-0.25, -0.2) is 4.79 Å². The lowest BCUT2D eigenvalue weighted by atomic mass is 9.97. The van der Waals surface area contributed by atoms with Gasteiger partial charge in [0.1, 0.15) is 0 Å². The van der Waals surface area contributed by atoms with Crippen LogP contribution in [0, 0.1) is 13.8 Å². The zero-order valence-corrected chi connectivity index (χ0v) is 16.4. The second-order valence-electron chi connectivity index (χ2n) is 7.16. The molecule has 2 N–H and O–H groups in total. The van der Waals surface area contributed by atoms with Gasteiger partial charge in [-0.1, -0.05) is 30.3 Å². The van der Waals surface area contributed by atoms with Crippen molar-refractivity contribution in [1.29, 1.82) is 0 Å². The number of aryl methyl sites for hydroxylation is 1. The largest absolute Gasteiger partial charge is 0.465 e. The van der Waals surface area contributed by atoms with Crippen LogP contribution >= 0.6 is 0 Å². The number of ketones is 1. The molecule has 1 aliphatic rings. The van der Waals surface area contributed by atoms with Crippen molar-refractivity contribution in [2.75, 3.05) is 20.2 Å². The minimum absolute atomic E-state index is 0.0392. The highest BCUT2D eigenvalue weighted by Gasteiger charge is 2.31. The topological polar surface area (TPSA) is 63.6 Å². The number of esters is 1. The minimum Gasteiger partial charge on any atom is -0.465 e. The van der Waals surface area contributed by atoms with E-state index in [1.165, 1.54) is 23.1 Å². The summed E-state index contributed by atoms with van der Waals surface area (Å²) in [5, 5.41) is 0. The maximum Gasteiger partial charge on any atom is 0.339 e. The lowest BCUT2D eigenvalue weighted by molar-refractivity contribution is -0.908. The number of hydrogen-bond donors (Lipinski definition) is 2. The molecule has 0 fully saturated rings.